The Labute approximate surface area is 197 Å². The summed E-state index contributed by atoms with van der Waals surface area (Å²) in [4.78, 5) is 13.2. The van der Waals surface area contributed by atoms with E-state index in [2.05, 4.69) is 11.4 Å². The number of rotatable bonds is 8. The number of nitrogens with zero attached hydrogens (tertiary/aromatic N) is 2. The number of benzene rings is 2. The topological polar surface area (TPSA) is 99.5 Å². The van der Waals surface area contributed by atoms with E-state index in [0.717, 1.165) is 29.7 Å². The summed E-state index contributed by atoms with van der Waals surface area (Å²) in [5.41, 5.74) is 2.03. The number of nitriles is 1. The number of hydrogen-bond donors (Lipinski definition) is 1. The predicted molar refractivity (Wildman–Crippen MR) is 127 cm³/mol. The van der Waals surface area contributed by atoms with Gasteiger partial charge in [0.25, 0.3) is 10.0 Å². The molecular weight excluding hydrogens is 458 g/mol. The molecule has 170 valence electrons. The fraction of sp³-hybridized carbons (Fsp3) is 0.250. The Morgan fingerprint density at radius 1 is 1.09 bits per heavy atom. The molecule has 2 aromatic carbocycles. The zero-order chi connectivity index (χ0) is 23.3. The lowest BCUT2D eigenvalue weighted by molar-refractivity contribution is -0.115. The Hall–Kier alpha value is -3.19. The molecule has 1 N–H and O–H groups in total. The summed E-state index contributed by atoms with van der Waals surface area (Å²) in [6, 6.07) is 19.6. The molecule has 0 spiro atoms. The van der Waals surface area contributed by atoms with Crippen LogP contribution >= 0.6 is 11.3 Å². The van der Waals surface area contributed by atoms with Gasteiger partial charge in [-0.25, -0.2) is 8.42 Å². The van der Waals surface area contributed by atoms with Gasteiger partial charge in [-0.05, 0) is 54.8 Å². The molecule has 1 aromatic heterocycles. The Balaban J connectivity index is 1.34. The smallest absolute Gasteiger partial charge is 0.252 e. The number of ether oxygens (including phenoxy) is 1. The van der Waals surface area contributed by atoms with Crippen LogP contribution in [-0.2, 0) is 27.8 Å². The average molecular weight is 482 g/mol. The normalized spacial score (nSPS) is 14.0. The van der Waals surface area contributed by atoms with Crippen LogP contribution in [0.25, 0.3) is 0 Å². The second-order valence-electron chi connectivity index (χ2n) is 7.69. The quantitative estimate of drug-likeness (QED) is 0.521. The van der Waals surface area contributed by atoms with E-state index in [4.69, 9.17) is 10.00 Å². The number of amides is 1. The van der Waals surface area contributed by atoms with Gasteiger partial charge in [0.1, 0.15) is 16.6 Å². The van der Waals surface area contributed by atoms with Crippen LogP contribution in [0.4, 0.5) is 5.69 Å². The van der Waals surface area contributed by atoms with Crippen molar-refractivity contribution in [2.45, 2.75) is 30.1 Å². The van der Waals surface area contributed by atoms with Crippen molar-refractivity contribution in [2.75, 3.05) is 18.4 Å². The number of nitrogens with one attached hydrogen (secondary N) is 1. The third-order valence-corrected chi connectivity index (χ3v) is 8.66. The number of hydrogen-bond acceptors (Lipinski definition) is 6. The van der Waals surface area contributed by atoms with Crippen molar-refractivity contribution >= 4 is 33.0 Å². The summed E-state index contributed by atoms with van der Waals surface area (Å²) in [6.07, 6.45) is 1.86. The molecule has 1 aliphatic heterocycles. The van der Waals surface area contributed by atoms with Gasteiger partial charge in [0.15, 0.2) is 0 Å². The maximum absolute atomic E-state index is 12.7. The van der Waals surface area contributed by atoms with Crippen molar-refractivity contribution in [3.63, 3.8) is 0 Å². The highest BCUT2D eigenvalue weighted by atomic mass is 32.2. The highest BCUT2D eigenvalue weighted by Crippen LogP contribution is 2.28. The zero-order valence-corrected chi connectivity index (χ0v) is 19.5. The lowest BCUT2D eigenvalue weighted by atomic mass is 10.1. The van der Waals surface area contributed by atoms with Crippen LogP contribution in [0.5, 0.6) is 5.75 Å². The van der Waals surface area contributed by atoms with E-state index in [9.17, 15) is 13.2 Å². The van der Waals surface area contributed by atoms with Crippen molar-refractivity contribution in [1.29, 1.82) is 5.26 Å². The summed E-state index contributed by atoms with van der Waals surface area (Å²) in [7, 11) is -3.47. The first-order valence-corrected chi connectivity index (χ1v) is 12.8. The summed E-state index contributed by atoms with van der Waals surface area (Å²) < 4.78 is 32.9. The van der Waals surface area contributed by atoms with Gasteiger partial charge in [-0.3, -0.25) is 4.79 Å². The number of carbonyl (C=O) groups excluding carboxylic acids is 1. The van der Waals surface area contributed by atoms with Gasteiger partial charge in [-0.15, -0.1) is 11.3 Å². The molecule has 2 heterocycles. The maximum atomic E-state index is 12.7. The summed E-state index contributed by atoms with van der Waals surface area (Å²) >= 11 is 1.14. The Bertz CT molecular complexity index is 1290. The minimum absolute atomic E-state index is 0.0895. The van der Waals surface area contributed by atoms with Crippen LogP contribution in [0.1, 0.15) is 28.8 Å². The summed E-state index contributed by atoms with van der Waals surface area (Å²) in [5, 5.41) is 11.8. The summed E-state index contributed by atoms with van der Waals surface area (Å²) in [6.45, 7) is 1.41. The van der Waals surface area contributed by atoms with Crippen molar-refractivity contribution in [3.8, 4) is 11.8 Å². The molecule has 1 saturated heterocycles. The first-order valence-electron chi connectivity index (χ1n) is 10.5. The van der Waals surface area contributed by atoms with Gasteiger partial charge in [-0.2, -0.15) is 9.57 Å². The molecule has 1 aliphatic rings. The van der Waals surface area contributed by atoms with Gasteiger partial charge in [-0.1, -0.05) is 18.2 Å². The molecule has 0 unspecified atom stereocenters. The average Bonchev–Trinajstić information content (AvgIpc) is 3.51. The van der Waals surface area contributed by atoms with Crippen LogP contribution in [0, 0.1) is 11.3 Å². The van der Waals surface area contributed by atoms with E-state index < -0.39 is 10.0 Å². The molecule has 1 amide bonds. The monoisotopic (exact) mass is 481 g/mol. The zero-order valence-electron chi connectivity index (χ0n) is 17.9. The largest absolute Gasteiger partial charge is 0.489 e. The lowest BCUT2D eigenvalue weighted by Crippen LogP contribution is -2.27. The summed E-state index contributed by atoms with van der Waals surface area (Å²) in [5.74, 6) is 0.353. The lowest BCUT2D eigenvalue weighted by Gasteiger charge is -2.13. The molecule has 33 heavy (non-hydrogen) atoms. The van der Waals surface area contributed by atoms with Crippen LogP contribution in [-0.4, -0.2) is 31.7 Å². The van der Waals surface area contributed by atoms with Crippen LogP contribution < -0.4 is 10.1 Å². The molecule has 3 aromatic rings. The fourth-order valence-electron chi connectivity index (χ4n) is 3.57. The number of sulfonamides is 1. The fourth-order valence-corrected chi connectivity index (χ4v) is 6.60. The highest BCUT2D eigenvalue weighted by Gasteiger charge is 2.28. The molecule has 9 heteroatoms. The molecule has 7 nitrogen and oxygen atoms in total. The van der Waals surface area contributed by atoms with Crippen LogP contribution in [0.15, 0.2) is 64.9 Å². The standard InChI is InChI=1S/C24H23N3O4S2/c25-16-18-5-3-6-19(13-18)17-31-21-8-4-7-20(14-21)26-23(28)15-22-9-10-24(32-22)33(29,30)27-11-1-2-12-27/h3-10,13-14H,1-2,11-12,15,17H2,(H,26,28). The van der Waals surface area contributed by atoms with Gasteiger partial charge in [0.2, 0.25) is 5.91 Å². The molecule has 0 saturated carbocycles. The van der Waals surface area contributed by atoms with Gasteiger partial charge >= 0.3 is 0 Å². The Morgan fingerprint density at radius 2 is 1.88 bits per heavy atom. The van der Waals surface area contributed by atoms with Crippen LogP contribution in [0.3, 0.4) is 0 Å². The van der Waals surface area contributed by atoms with Gasteiger partial charge in [0.05, 0.1) is 18.1 Å². The van der Waals surface area contributed by atoms with E-state index >= 15 is 0 Å². The Kier molecular flexibility index (Phi) is 7.08. The van der Waals surface area contributed by atoms with E-state index in [1.54, 1.807) is 54.6 Å². The molecule has 0 radical (unpaired) electrons. The van der Waals surface area contributed by atoms with E-state index in [-0.39, 0.29) is 16.5 Å². The predicted octanol–water partition coefficient (Wildman–Crippen LogP) is 4.16. The molecule has 0 bridgehead atoms. The molecule has 4 rings (SSSR count). The minimum atomic E-state index is -3.47. The molecule has 1 fully saturated rings. The SMILES string of the molecule is N#Cc1cccc(COc2cccc(NC(=O)Cc3ccc(S(=O)(=O)N4CCCC4)s3)c2)c1. The molecule has 0 atom stereocenters. The number of carbonyl (C=O) groups is 1. The third kappa shape index (κ3) is 5.79. The van der Waals surface area contributed by atoms with Crippen molar-refractivity contribution in [3.05, 3.63) is 76.7 Å². The van der Waals surface area contributed by atoms with Crippen molar-refractivity contribution in [2.24, 2.45) is 0 Å². The Morgan fingerprint density at radius 3 is 2.67 bits per heavy atom. The molecular formula is C24H23N3O4S2. The highest BCUT2D eigenvalue weighted by molar-refractivity contribution is 7.91. The van der Waals surface area contributed by atoms with Crippen LogP contribution in [0.2, 0.25) is 0 Å². The van der Waals surface area contributed by atoms with E-state index in [1.807, 2.05) is 6.07 Å². The minimum Gasteiger partial charge on any atom is -0.489 e. The third-order valence-electron chi connectivity index (χ3n) is 5.21. The van der Waals surface area contributed by atoms with Crippen molar-refractivity contribution < 1.29 is 17.9 Å². The number of thiophene rings is 1. The molecule has 0 aliphatic carbocycles. The van der Waals surface area contributed by atoms with E-state index in [0.29, 0.717) is 41.6 Å². The first-order chi connectivity index (χ1) is 15.9. The van der Waals surface area contributed by atoms with Crippen molar-refractivity contribution in [1.82, 2.24) is 4.31 Å². The van der Waals surface area contributed by atoms with Gasteiger partial charge in [0, 0.05) is 29.7 Å². The second-order valence-corrected chi connectivity index (χ2v) is 11.0. The van der Waals surface area contributed by atoms with E-state index in [1.165, 1.54) is 4.31 Å². The number of anilines is 1. The maximum Gasteiger partial charge on any atom is 0.252 e. The second kappa shape index (κ2) is 10.2. The van der Waals surface area contributed by atoms with Gasteiger partial charge < -0.3 is 10.1 Å². The first kappa shape index (κ1) is 23.0.